The Bertz CT molecular complexity index is 355. The van der Waals surface area contributed by atoms with Crippen LogP contribution in [0.5, 0.6) is 0 Å². The lowest BCUT2D eigenvalue weighted by Crippen LogP contribution is -2.39. The van der Waals surface area contributed by atoms with Crippen LogP contribution >= 0.6 is 0 Å². The number of aliphatic carboxylic acids is 4. The monoisotopic (exact) mass is 324 g/mol. The smallest absolute Gasteiger partial charge is 0.481 e. The molecule has 0 saturated carbocycles. The first kappa shape index (κ1) is 23.7. The van der Waals surface area contributed by atoms with Gasteiger partial charge in [-0.05, 0) is 0 Å². The first-order valence-corrected chi connectivity index (χ1v) is 4.45. The van der Waals surface area contributed by atoms with Gasteiger partial charge in [0, 0.05) is 6.92 Å². The number of hydrogen-bond acceptors (Lipinski definition) is 6. The molecule has 10 nitrogen and oxygen atoms in total. The maximum Gasteiger partial charge on any atom is 0.490 e. The van der Waals surface area contributed by atoms with Gasteiger partial charge < -0.3 is 30.6 Å². The van der Waals surface area contributed by atoms with Crippen molar-refractivity contribution in [2.24, 2.45) is 0 Å². The SMILES string of the molecule is CC(=O)O.O=C(O)C(F)(F)F.O=C(O)C(O)C(O)C(=O)O. The minimum Gasteiger partial charge on any atom is -0.481 e. The van der Waals surface area contributed by atoms with E-state index in [1.807, 2.05) is 0 Å². The van der Waals surface area contributed by atoms with E-state index in [0.717, 1.165) is 6.92 Å². The molecule has 0 radical (unpaired) electrons. The highest BCUT2D eigenvalue weighted by Crippen LogP contribution is 2.13. The average molecular weight is 324 g/mol. The summed E-state index contributed by atoms with van der Waals surface area (Å²) >= 11 is 0. The van der Waals surface area contributed by atoms with Crippen LogP contribution in [0.25, 0.3) is 0 Å². The zero-order valence-corrected chi connectivity index (χ0v) is 10.1. The Kier molecular flexibility index (Phi) is 11.7. The van der Waals surface area contributed by atoms with Gasteiger partial charge in [0.15, 0.2) is 12.2 Å². The van der Waals surface area contributed by atoms with Crippen molar-refractivity contribution in [3.63, 3.8) is 0 Å². The van der Waals surface area contributed by atoms with Crippen LogP contribution in [-0.4, -0.2) is 72.9 Å². The number of halogens is 3. The molecular weight excluding hydrogens is 313 g/mol. The molecule has 2 unspecified atom stereocenters. The van der Waals surface area contributed by atoms with Crippen LogP contribution < -0.4 is 0 Å². The van der Waals surface area contributed by atoms with E-state index in [1.165, 1.54) is 0 Å². The predicted molar refractivity (Wildman–Crippen MR) is 54.3 cm³/mol. The lowest BCUT2D eigenvalue weighted by atomic mass is 10.2. The summed E-state index contributed by atoms with van der Waals surface area (Å²) in [4.78, 5) is 37.4. The molecule has 0 bridgehead atoms. The normalized spacial score (nSPS) is 12.5. The summed E-state index contributed by atoms with van der Waals surface area (Å²) in [6.07, 6.45) is -9.62. The molecule has 2 atom stereocenters. The van der Waals surface area contributed by atoms with E-state index in [4.69, 9.17) is 40.2 Å². The standard InChI is InChI=1S/C4H6O6.C2HF3O2.C2H4O2/c5-1(3(7)8)2(6)4(9)10;3-2(4,5)1(6)7;1-2(3)4/h1-2,5-6H,(H,7,8)(H,9,10);(H,6,7);1H3,(H,3,4). The van der Waals surface area contributed by atoms with Crippen molar-refractivity contribution < 1.29 is 63.0 Å². The molecule has 13 heteroatoms. The Morgan fingerprint density at radius 1 is 0.810 bits per heavy atom. The van der Waals surface area contributed by atoms with Gasteiger partial charge in [0.1, 0.15) is 0 Å². The van der Waals surface area contributed by atoms with Crippen molar-refractivity contribution in [1.82, 2.24) is 0 Å². The molecular formula is C8H11F3O10. The Balaban J connectivity index is -0.000000256. The summed E-state index contributed by atoms with van der Waals surface area (Å²) in [6.45, 7) is 1.08. The van der Waals surface area contributed by atoms with Crippen LogP contribution in [-0.2, 0) is 19.2 Å². The van der Waals surface area contributed by atoms with E-state index in [1.54, 1.807) is 0 Å². The van der Waals surface area contributed by atoms with Gasteiger partial charge >= 0.3 is 24.1 Å². The van der Waals surface area contributed by atoms with Gasteiger partial charge in [-0.1, -0.05) is 0 Å². The topological polar surface area (TPSA) is 190 Å². The quantitative estimate of drug-likeness (QED) is 0.360. The van der Waals surface area contributed by atoms with Crippen molar-refractivity contribution in [2.45, 2.75) is 25.3 Å². The van der Waals surface area contributed by atoms with Crippen LogP contribution in [0.3, 0.4) is 0 Å². The molecule has 0 heterocycles. The third-order valence-electron chi connectivity index (χ3n) is 1.05. The predicted octanol–water partition coefficient (Wildman–Crippen LogP) is -1.40. The van der Waals surface area contributed by atoms with Crippen LogP contribution in [0.1, 0.15) is 6.92 Å². The van der Waals surface area contributed by atoms with Gasteiger partial charge in [-0.15, -0.1) is 0 Å². The molecule has 0 aromatic heterocycles. The lowest BCUT2D eigenvalue weighted by molar-refractivity contribution is -0.192. The van der Waals surface area contributed by atoms with Gasteiger partial charge in [-0.3, -0.25) is 4.79 Å². The number of aliphatic hydroxyl groups is 2. The minimum atomic E-state index is -5.08. The number of alkyl halides is 3. The second kappa shape index (κ2) is 10.4. The molecule has 0 amide bonds. The van der Waals surface area contributed by atoms with Crippen molar-refractivity contribution >= 4 is 23.9 Å². The number of carboxylic acid groups (broad SMARTS) is 4. The molecule has 21 heavy (non-hydrogen) atoms. The first-order chi connectivity index (χ1) is 9.14. The summed E-state index contributed by atoms with van der Waals surface area (Å²) in [7, 11) is 0. The molecule has 0 aromatic carbocycles. The molecule has 0 aromatic rings. The summed E-state index contributed by atoms with van der Waals surface area (Å²) < 4.78 is 31.7. The summed E-state index contributed by atoms with van der Waals surface area (Å²) in [6, 6.07) is 0. The highest BCUT2D eigenvalue weighted by atomic mass is 19.4. The second-order valence-corrected chi connectivity index (χ2v) is 2.89. The second-order valence-electron chi connectivity index (χ2n) is 2.89. The molecule has 0 fully saturated rings. The summed E-state index contributed by atoms with van der Waals surface area (Å²) in [5, 5.41) is 47.1. The van der Waals surface area contributed by atoms with Gasteiger partial charge in [0.25, 0.3) is 5.97 Å². The summed E-state index contributed by atoms with van der Waals surface area (Å²) in [5.41, 5.74) is 0. The fourth-order valence-electron chi connectivity index (χ4n) is 0.270. The molecule has 0 aliphatic rings. The van der Waals surface area contributed by atoms with E-state index in [2.05, 4.69) is 0 Å². The summed E-state index contributed by atoms with van der Waals surface area (Å²) in [5.74, 6) is -7.13. The van der Waals surface area contributed by atoms with Crippen molar-refractivity contribution in [2.75, 3.05) is 0 Å². The zero-order valence-electron chi connectivity index (χ0n) is 10.1. The number of carboxylic acids is 4. The van der Waals surface area contributed by atoms with Crippen molar-refractivity contribution in [3.05, 3.63) is 0 Å². The molecule has 124 valence electrons. The van der Waals surface area contributed by atoms with E-state index in [0.29, 0.717) is 0 Å². The van der Waals surface area contributed by atoms with Crippen LogP contribution in [0.4, 0.5) is 13.2 Å². The Hall–Kier alpha value is -2.41. The van der Waals surface area contributed by atoms with Crippen LogP contribution in [0.15, 0.2) is 0 Å². The maximum absolute atomic E-state index is 10.6. The third-order valence-corrected chi connectivity index (χ3v) is 1.05. The third kappa shape index (κ3) is 17.6. The van der Waals surface area contributed by atoms with E-state index >= 15 is 0 Å². The number of hydrogen-bond donors (Lipinski definition) is 6. The van der Waals surface area contributed by atoms with Crippen LogP contribution in [0.2, 0.25) is 0 Å². The number of carbonyl (C=O) groups is 4. The zero-order chi connectivity index (χ0) is 18.0. The van der Waals surface area contributed by atoms with E-state index in [-0.39, 0.29) is 0 Å². The molecule has 0 aliphatic heterocycles. The number of aliphatic hydroxyl groups excluding tert-OH is 2. The van der Waals surface area contributed by atoms with E-state index < -0.39 is 42.3 Å². The minimum absolute atomic E-state index is 0.833. The van der Waals surface area contributed by atoms with Crippen molar-refractivity contribution in [1.29, 1.82) is 0 Å². The number of rotatable bonds is 3. The Morgan fingerprint density at radius 2 is 0.952 bits per heavy atom. The van der Waals surface area contributed by atoms with Crippen LogP contribution in [0, 0.1) is 0 Å². The Labute approximate surface area is 113 Å². The molecule has 0 spiro atoms. The average Bonchev–Trinajstić information content (AvgIpc) is 2.25. The first-order valence-electron chi connectivity index (χ1n) is 4.45. The highest BCUT2D eigenvalue weighted by Gasteiger charge is 2.38. The lowest BCUT2D eigenvalue weighted by Gasteiger charge is -2.07. The van der Waals surface area contributed by atoms with Gasteiger partial charge in [-0.25, -0.2) is 14.4 Å². The van der Waals surface area contributed by atoms with Crippen molar-refractivity contribution in [3.8, 4) is 0 Å². The molecule has 0 aliphatic carbocycles. The maximum atomic E-state index is 10.6. The van der Waals surface area contributed by atoms with Gasteiger partial charge in [-0.2, -0.15) is 13.2 Å². The largest absolute Gasteiger partial charge is 0.490 e. The molecule has 6 N–H and O–H groups in total. The highest BCUT2D eigenvalue weighted by molar-refractivity contribution is 5.83. The molecule has 0 rings (SSSR count). The fraction of sp³-hybridized carbons (Fsp3) is 0.500. The Morgan fingerprint density at radius 3 is 1.00 bits per heavy atom. The molecule has 0 saturated heterocycles. The fourth-order valence-corrected chi connectivity index (χ4v) is 0.270. The van der Waals surface area contributed by atoms with Gasteiger partial charge in [0.05, 0.1) is 0 Å². The van der Waals surface area contributed by atoms with E-state index in [9.17, 15) is 22.8 Å². The van der Waals surface area contributed by atoms with Gasteiger partial charge in [0.2, 0.25) is 0 Å².